The van der Waals surface area contributed by atoms with E-state index in [0.29, 0.717) is 0 Å². The van der Waals surface area contributed by atoms with Crippen LogP contribution in [0.15, 0.2) is 54.6 Å². The molecule has 0 saturated heterocycles. The zero-order chi connectivity index (χ0) is 20.0. The van der Waals surface area contributed by atoms with Crippen molar-refractivity contribution < 1.29 is 14.6 Å². The minimum absolute atomic E-state index is 0.364. The van der Waals surface area contributed by atoms with Crippen LogP contribution >= 0.6 is 0 Å². The SMILES string of the molecule is CCCCCCc1ccccc1C(CCCCCc1ccccc1)OC(=O)O. The van der Waals surface area contributed by atoms with Crippen molar-refractivity contribution in [2.24, 2.45) is 0 Å². The highest BCUT2D eigenvalue weighted by Gasteiger charge is 2.19. The number of carbonyl (C=O) groups is 1. The molecule has 152 valence electrons. The van der Waals surface area contributed by atoms with Gasteiger partial charge >= 0.3 is 6.16 Å². The summed E-state index contributed by atoms with van der Waals surface area (Å²) in [5.74, 6) is 0. The average molecular weight is 383 g/mol. The van der Waals surface area contributed by atoms with E-state index < -0.39 is 6.16 Å². The Bertz CT molecular complexity index is 681. The maximum Gasteiger partial charge on any atom is 0.506 e. The molecule has 0 aromatic heterocycles. The van der Waals surface area contributed by atoms with Gasteiger partial charge < -0.3 is 9.84 Å². The van der Waals surface area contributed by atoms with Crippen LogP contribution < -0.4 is 0 Å². The van der Waals surface area contributed by atoms with Gasteiger partial charge in [0.05, 0.1) is 0 Å². The van der Waals surface area contributed by atoms with E-state index in [1.54, 1.807) is 0 Å². The lowest BCUT2D eigenvalue weighted by molar-refractivity contribution is 0.0461. The molecule has 0 spiro atoms. The largest absolute Gasteiger partial charge is 0.506 e. The fraction of sp³-hybridized carbons (Fsp3) is 0.480. The minimum atomic E-state index is -1.19. The Hall–Kier alpha value is -2.29. The van der Waals surface area contributed by atoms with Gasteiger partial charge in [-0.25, -0.2) is 4.79 Å². The number of hydrogen-bond donors (Lipinski definition) is 1. The van der Waals surface area contributed by atoms with Crippen molar-refractivity contribution in [1.29, 1.82) is 0 Å². The van der Waals surface area contributed by atoms with Gasteiger partial charge in [-0.15, -0.1) is 0 Å². The van der Waals surface area contributed by atoms with Gasteiger partial charge in [0.25, 0.3) is 0 Å². The molecule has 1 N–H and O–H groups in total. The van der Waals surface area contributed by atoms with E-state index in [4.69, 9.17) is 4.74 Å². The van der Waals surface area contributed by atoms with Crippen LogP contribution in [-0.4, -0.2) is 11.3 Å². The van der Waals surface area contributed by atoms with Crippen molar-refractivity contribution in [2.75, 3.05) is 0 Å². The van der Waals surface area contributed by atoms with Crippen molar-refractivity contribution >= 4 is 6.16 Å². The molecule has 28 heavy (non-hydrogen) atoms. The van der Waals surface area contributed by atoms with Crippen LogP contribution in [0, 0.1) is 0 Å². The van der Waals surface area contributed by atoms with E-state index in [-0.39, 0.29) is 6.10 Å². The molecule has 1 atom stereocenters. The van der Waals surface area contributed by atoms with E-state index in [2.05, 4.69) is 37.3 Å². The predicted octanol–water partition coefficient (Wildman–Crippen LogP) is 7.35. The van der Waals surface area contributed by atoms with Crippen LogP contribution in [-0.2, 0) is 17.6 Å². The first-order valence-electron chi connectivity index (χ1n) is 10.7. The van der Waals surface area contributed by atoms with E-state index >= 15 is 0 Å². The quantitative estimate of drug-likeness (QED) is 0.291. The molecular weight excluding hydrogens is 348 g/mol. The molecule has 2 aromatic carbocycles. The Morgan fingerprint density at radius 1 is 0.857 bits per heavy atom. The lowest BCUT2D eigenvalue weighted by Gasteiger charge is -2.20. The van der Waals surface area contributed by atoms with Crippen LogP contribution in [0.1, 0.15) is 81.1 Å². The van der Waals surface area contributed by atoms with Gasteiger partial charge in [-0.05, 0) is 55.2 Å². The first-order chi connectivity index (χ1) is 13.7. The van der Waals surface area contributed by atoms with Gasteiger partial charge in [0, 0.05) is 0 Å². The van der Waals surface area contributed by atoms with Crippen molar-refractivity contribution in [3.63, 3.8) is 0 Å². The molecule has 0 bridgehead atoms. The molecule has 0 aliphatic rings. The van der Waals surface area contributed by atoms with Crippen LogP contribution in [0.4, 0.5) is 4.79 Å². The Balaban J connectivity index is 1.88. The Morgan fingerprint density at radius 3 is 2.29 bits per heavy atom. The highest BCUT2D eigenvalue weighted by atomic mass is 16.7. The summed E-state index contributed by atoms with van der Waals surface area (Å²) in [6.07, 6.45) is 9.23. The van der Waals surface area contributed by atoms with Crippen molar-refractivity contribution in [1.82, 2.24) is 0 Å². The Morgan fingerprint density at radius 2 is 1.54 bits per heavy atom. The highest BCUT2D eigenvalue weighted by molar-refractivity contribution is 5.57. The summed E-state index contributed by atoms with van der Waals surface area (Å²) in [5.41, 5.74) is 3.64. The van der Waals surface area contributed by atoms with Crippen molar-refractivity contribution in [3.8, 4) is 0 Å². The molecule has 2 rings (SSSR count). The zero-order valence-corrected chi connectivity index (χ0v) is 17.1. The van der Waals surface area contributed by atoms with Crippen LogP contribution in [0.3, 0.4) is 0 Å². The summed E-state index contributed by atoms with van der Waals surface area (Å²) in [7, 11) is 0. The summed E-state index contributed by atoms with van der Waals surface area (Å²) >= 11 is 0. The van der Waals surface area contributed by atoms with Crippen LogP contribution in [0.25, 0.3) is 0 Å². The number of ether oxygens (including phenoxy) is 1. The second-order valence-corrected chi connectivity index (χ2v) is 7.47. The van der Waals surface area contributed by atoms with Gasteiger partial charge in [-0.3, -0.25) is 0 Å². The fourth-order valence-corrected chi connectivity index (χ4v) is 3.70. The van der Waals surface area contributed by atoms with Gasteiger partial charge in [0.15, 0.2) is 0 Å². The molecule has 3 nitrogen and oxygen atoms in total. The van der Waals surface area contributed by atoms with Crippen molar-refractivity contribution in [3.05, 3.63) is 71.3 Å². The number of benzene rings is 2. The van der Waals surface area contributed by atoms with Crippen LogP contribution in [0.2, 0.25) is 0 Å². The topological polar surface area (TPSA) is 46.5 Å². The summed E-state index contributed by atoms with van der Waals surface area (Å²) in [6.45, 7) is 2.21. The minimum Gasteiger partial charge on any atom is -0.450 e. The lowest BCUT2D eigenvalue weighted by Crippen LogP contribution is -2.11. The Labute approximate surface area is 169 Å². The zero-order valence-electron chi connectivity index (χ0n) is 17.1. The predicted molar refractivity (Wildman–Crippen MR) is 115 cm³/mol. The molecule has 0 radical (unpaired) electrons. The molecular formula is C25H34O3. The first-order valence-corrected chi connectivity index (χ1v) is 10.7. The summed E-state index contributed by atoms with van der Waals surface area (Å²) in [6, 6.07) is 18.7. The van der Waals surface area contributed by atoms with E-state index in [1.165, 1.54) is 30.4 Å². The third kappa shape index (κ3) is 8.16. The van der Waals surface area contributed by atoms with E-state index in [9.17, 15) is 9.90 Å². The molecule has 0 fully saturated rings. The average Bonchev–Trinajstić information content (AvgIpc) is 2.71. The molecule has 1 unspecified atom stereocenters. The second-order valence-electron chi connectivity index (χ2n) is 7.47. The molecule has 0 aliphatic carbocycles. The molecule has 0 heterocycles. The third-order valence-corrected chi connectivity index (χ3v) is 5.22. The monoisotopic (exact) mass is 382 g/mol. The van der Waals surface area contributed by atoms with Gasteiger partial charge in [-0.2, -0.15) is 0 Å². The maximum absolute atomic E-state index is 11.2. The molecule has 0 saturated carbocycles. The maximum atomic E-state index is 11.2. The third-order valence-electron chi connectivity index (χ3n) is 5.22. The Kier molecular flexibility index (Phi) is 10.2. The lowest BCUT2D eigenvalue weighted by atomic mass is 9.94. The number of rotatable bonds is 13. The second kappa shape index (κ2) is 13.0. The molecule has 0 aliphatic heterocycles. The van der Waals surface area contributed by atoms with Gasteiger partial charge in [0.1, 0.15) is 6.10 Å². The van der Waals surface area contributed by atoms with Crippen LogP contribution in [0.5, 0.6) is 0 Å². The van der Waals surface area contributed by atoms with E-state index in [0.717, 1.165) is 50.5 Å². The summed E-state index contributed by atoms with van der Waals surface area (Å²) in [5, 5.41) is 9.21. The number of aryl methyl sites for hydroxylation is 2. The van der Waals surface area contributed by atoms with Crippen molar-refractivity contribution in [2.45, 2.75) is 77.2 Å². The fourth-order valence-electron chi connectivity index (χ4n) is 3.70. The number of hydrogen-bond acceptors (Lipinski definition) is 2. The van der Waals surface area contributed by atoms with Gasteiger partial charge in [0.2, 0.25) is 0 Å². The summed E-state index contributed by atoms with van der Waals surface area (Å²) < 4.78 is 5.29. The first kappa shape index (κ1) is 22.0. The highest BCUT2D eigenvalue weighted by Crippen LogP contribution is 2.28. The molecule has 2 aromatic rings. The summed E-state index contributed by atoms with van der Waals surface area (Å²) in [4.78, 5) is 11.2. The number of unbranched alkanes of at least 4 members (excludes halogenated alkanes) is 5. The smallest absolute Gasteiger partial charge is 0.450 e. The molecule has 3 heteroatoms. The van der Waals surface area contributed by atoms with Gasteiger partial charge in [-0.1, -0.05) is 87.2 Å². The van der Waals surface area contributed by atoms with E-state index in [1.807, 2.05) is 24.3 Å². The molecule has 0 amide bonds. The number of carboxylic acid groups (broad SMARTS) is 1. The standard InChI is InChI=1S/C25H34O3/c1-2-3-4-10-17-22-18-12-13-19-23(22)24(28-25(26)27)20-11-6-9-16-21-14-7-5-8-15-21/h5,7-8,12-15,18-19,24H,2-4,6,9-11,16-17,20H2,1H3,(H,26,27). The normalized spacial score (nSPS) is 11.9.